The molecule has 0 saturated carbocycles. The molecule has 0 aliphatic rings. The molecule has 0 unspecified atom stereocenters. The van der Waals surface area contributed by atoms with E-state index < -0.39 is 11.7 Å². The number of rotatable bonds is 2. The van der Waals surface area contributed by atoms with Gasteiger partial charge in [0.2, 0.25) is 5.88 Å². The second kappa shape index (κ2) is 5.05. The van der Waals surface area contributed by atoms with Gasteiger partial charge in [-0.15, -0.1) is 0 Å². The molecule has 0 N–H and O–H groups in total. The second-order valence-electron chi connectivity index (χ2n) is 3.70. The molecule has 0 radical (unpaired) electrons. The summed E-state index contributed by atoms with van der Waals surface area (Å²) in [7, 11) is 0. The summed E-state index contributed by atoms with van der Waals surface area (Å²) in [4.78, 5) is 7.81. The topological polar surface area (TPSA) is 35.0 Å². The first-order chi connectivity index (χ1) is 8.84. The fourth-order valence-corrected chi connectivity index (χ4v) is 1.61. The lowest BCUT2D eigenvalue weighted by atomic mass is 10.2. The van der Waals surface area contributed by atoms with Gasteiger partial charge in [-0.05, 0) is 31.2 Å². The minimum Gasteiger partial charge on any atom is -0.439 e. The number of benzene rings is 1. The van der Waals surface area contributed by atoms with E-state index in [1.165, 1.54) is 18.2 Å². The van der Waals surface area contributed by atoms with Crippen LogP contribution in [0.5, 0.6) is 11.6 Å². The third-order valence-electron chi connectivity index (χ3n) is 2.19. The van der Waals surface area contributed by atoms with Gasteiger partial charge in [-0.25, -0.2) is 4.98 Å². The molecule has 0 amide bonds. The van der Waals surface area contributed by atoms with Crippen LogP contribution < -0.4 is 4.74 Å². The zero-order valence-electron chi connectivity index (χ0n) is 9.70. The van der Waals surface area contributed by atoms with Crippen LogP contribution in [0.2, 0.25) is 5.15 Å². The molecule has 0 aliphatic carbocycles. The van der Waals surface area contributed by atoms with Crippen molar-refractivity contribution in [1.29, 1.82) is 0 Å². The molecule has 19 heavy (non-hydrogen) atoms. The van der Waals surface area contributed by atoms with Gasteiger partial charge in [0.05, 0.1) is 5.56 Å². The van der Waals surface area contributed by atoms with Crippen molar-refractivity contribution in [2.75, 3.05) is 0 Å². The standard InChI is InChI=1S/C12H8ClF3N2O/c1-7-17-10(13)6-11(18-7)19-9-4-2-8(3-5-9)12(14,15)16/h2-6H,1H3. The highest BCUT2D eigenvalue weighted by molar-refractivity contribution is 6.29. The van der Waals surface area contributed by atoms with Crippen molar-refractivity contribution in [3.63, 3.8) is 0 Å². The fraction of sp³-hybridized carbons (Fsp3) is 0.167. The van der Waals surface area contributed by atoms with Crippen molar-refractivity contribution in [3.8, 4) is 11.6 Å². The Hall–Kier alpha value is -1.82. The van der Waals surface area contributed by atoms with Gasteiger partial charge in [0.1, 0.15) is 16.7 Å². The van der Waals surface area contributed by atoms with Crippen molar-refractivity contribution in [1.82, 2.24) is 9.97 Å². The molecule has 0 saturated heterocycles. The molecule has 7 heteroatoms. The maximum absolute atomic E-state index is 12.4. The van der Waals surface area contributed by atoms with Gasteiger partial charge < -0.3 is 4.74 Å². The Morgan fingerprint density at radius 3 is 2.26 bits per heavy atom. The lowest BCUT2D eigenvalue weighted by Crippen LogP contribution is -2.04. The summed E-state index contributed by atoms with van der Waals surface area (Å²) < 4.78 is 42.4. The Morgan fingerprint density at radius 1 is 1.11 bits per heavy atom. The molecule has 2 rings (SSSR count). The highest BCUT2D eigenvalue weighted by Gasteiger charge is 2.30. The Morgan fingerprint density at radius 2 is 1.74 bits per heavy atom. The van der Waals surface area contributed by atoms with E-state index in [2.05, 4.69) is 9.97 Å². The summed E-state index contributed by atoms with van der Waals surface area (Å²) >= 11 is 5.72. The maximum Gasteiger partial charge on any atom is 0.416 e. The summed E-state index contributed by atoms with van der Waals surface area (Å²) in [5.74, 6) is 0.828. The van der Waals surface area contributed by atoms with Crippen LogP contribution in [-0.4, -0.2) is 9.97 Å². The highest BCUT2D eigenvalue weighted by atomic mass is 35.5. The van der Waals surface area contributed by atoms with Gasteiger partial charge in [0.15, 0.2) is 0 Å². The average Bonchev–Trinajstić information content (AvgIpc) is 2.26. The Kier molecular flexibility index (Phi) is 3.61. The molecule has 0 aliphatic heterocycles. The van der Waals surface area contributed by atoms with Crippen LogP contribution in [0.25, 0.3) is 0 Å². The number of aromatic nitrogens is 2. The molecule has 0 atom stereocenters. The fourth-order valence-electron chi connectivity index (χ4n) is 1.39. The quantitative estimate of drug-likeness (QED) is 0.775. The smallest absolute Gasteiger partial charge is 0.416 e. The van der Waals surface area contributed by atoms with Crippen LogP contribution in [0.4, 0.5) is 13.2 Å². The summed E-state index contributed by atoms with van der Waals surface area (Å²) in [6, 6.07) is 5.69. The summed E-state index contributed by atoms with van der Waals surface area (Å²) in [6.45, 7) is 1.63. The third kappa shape index (κ3) is 3.57. The molecule has 1 heterocycles. The molecular weight excluding hydrogens is 281 g/mol. The van der Waals surface area contributed by atoms with E-state index in [9.17, 15) is 13.2 Å². The van der Waals surface area contributed by atoms with Gasteiger partial charge in [0, 0.05) is 6.07 Å². The molecule has 1 aromatic heterocycles. The van der Waals surface area contributed by atoms with Crippen LogP contribution in [0.3, 0.4) is 0 Å². The van der Waals surface area contributed by atoms with E-state index in [0.29, 0.717) is 5.82 Å². The Labute approximate surface area is 112 Å². The number of ether oxygens (including phenoxy) is 1. The van der Waals surface area contributed by atoms with Crippen LogP contribution in [0.15, 0.2) is 30.3 Å². The number of hydrogen-bond acceptors (Lipinski definition) is 3. The van der Waals surface area contributed by atoms with Gasteiger partial charge in [-0.2, -0.15) is 18.2 Å². The zero-order valence-corrected chi connectivity index (χ0v) is 10.5. The van der Waals surface area contributed by atoms with Crippen molar-refractivity contribution in [2.45, 2.75) is 13.1 Å². The normalized spacial score (nSPS) is 11.4. The first-order valence-corrected chi connectivity index (χ1v) is 5.59. The van der Waals surface area contributed by atoms with E-state index in [-0.39, 0.29) is 16.8 Å². The maximum atomic E-state index is 12.4. The molecule has 3 nitrogen and oxygen atoms in total. The number of alkyl halides is 3. The molecule has 0 bridgehead atoms. The van der Waals surface area contributed by atoms with Crippen LogP contribution >= 0.6 is 11.6 Å². The molecule has 0 spiro atoms. The highest BCUT2D eigenvalue weighted by Crippen LogP contribution is 2.31. The average molecular weight is 289 g/mol. The largest absolute Gasteiger partial charge is 0.439 e. The number of nitrogens with zero attached hydrogens (tertiary/aromatic N) is 2. The van der Waals surface area contributed by atoms with E-state index in [1.54, 1.807) is 6.92 Å². The first-order valence-electron chi connectivity index (χ1n) is 5.21. The zero-order chi connectivity index (χ0) is 14.0. The summed E-state index contributed by atoms with van der Waals surface area (Å²) in [6.07, 6.45) is -4.37. The molecule has 1 aromatic carbocycles. The Bertz CT molecular complexity index is 564. The lowest BCUT2D eigenvalue weighted by molar-refractivity contribution is -0.137. The number of halogens is 4. The monoisotopic (exact) mass is 288 g/mol. The molecule has 0 fully saturated rings. The van der Waals surface area contributed by atoms with E-state index >= 15 is 0 Å². The van der Waals surface area contributed by atoms with Crippen molar-refractivity contribution < 1.29 is 17.9 Å². The molecular formula is C12H8ClF3N2O. The van der Waals surface area contributed by atoms with Crippen LogP contribution in [0, 0.1) is 6.92 Å². The predicted octanol–water partition coefficient (Wildman–Crippen LogP) is 4.25. The summed E-state index contributed by atoms with van der Waals surface area (Å²) in [5, 5.41) is 0.203. The van der Waals surface area contributed by atoms with Crippen LogP contribution in [0.1, 0.15) is 11.4 Å². The van der Waals surface area contributed by atoms with Crippen molar-refractivity contribution in [2.24, 2.45) is 0 Å². The van der Waals surface area contributed by atoms with Crippen LogP contribution in [-0.2, 0) is 6.18 Å². The lowest BCUT2D eigenvalue weighted by Gasteiger charge is -2.08. The third-order valence-corrected chi connectivity index (χ3v) is 2.38. The minimum absolute atomic E-state index is 0.178. The summed E-state index contributed by atoms with van der Waals surface area (Å²) in [5.41, 5.74) is -0.739. The number of hydrogen-bond donors (Lipinski definition) is 0. The molecule has 100 valence electrons. The van der Waals surface area contributed by atoms with Crippen molar-refractivity contribution in [3.05, 3.63) is 46.9 Å². The second-order valence-corrected chi connectivity index (χ2v) is 4.09. The van der Waals surface area contributed by atoms with Gasteiger partial charge in [-0.1, -0.05) is 11.6 Å². The van der Waals surface area contributed by atoms with E-state index in [0.717, 1.165) is 12.1 Å². The molecule has 2 aromatic rings. The van der Waals surface area contributed by atoms with Gasteiger partial charge in [0.25, 0.3) is 0 Å². The van der Waals surface area contributed by atoms with Gasteiger partial charge >= 0.3 is 6.18 Å². The predicted molar refractivity (Wildman–Crippen MR) is 63.3 cm³/mol. The SMILES string of the molecule is Cc1nc(Cl)cc(Oc2ccc(C(F)(F)F)cc2)n1. The van der Waals surface area contributed by atoms with E-state index in [1.807, 2.05) is 0 Å². The first kappa shape index (κ1) is 13.6. The number of aryl methyl sites for hydroxylation is 1. The minimum atomic E-state index is -4.37. The van der Waals surface area contributed by atoms with E-state index in [4.69, 9.17) is 16.3 Å². The van der Waals surface area contributed by atoms with Crippen molar-refractivity contribution >= 4 is 11.6 Å². The van der Waals surface area contributed by atoms with Gasteiger partial charge in [-0.3, -0.25) is 0 Å². The Balaban J connectivity index is 2.20.